The van der Waals surface area contributed by atoms with E-state index in [1.807, 2.05) is 23.5 Å². The number of rotatable bonds is 6. The predicted octanol–water partition coefficient (Wildman–Crippen LogP) is 3.54. The number of thiocarbonyl (C=S) groups is 2. The lowest BCUT2D eigenvalue weighted by atomic mass is 10.4. The number of hydrogen-bond acceptors (Lipinski definition) is 5. The molecule has 2 aliphatic rings. The summed E-state index contributed by atoms with van der Waals surface area (Å²) in [5.41, 5.74) is 0. The van der Waals surface area contributed by atoms with Crippen LogP contribution in [-0.2, 0) is 0 Å². The lowest BCUT2D eigenvalue weighted by Gasteiger charge is -2.37. The first kappa shape index (κ1) is 19.8. The first-order chi connectivity index (χ1) is 11.2. The average molecular weight is 392 g/mol. The summed E-state index contributed by atoms with van der Waals surface area (Å²) >= 11 is 14.9. The van der Waals surface area contributed by atoms with Crippen molar-refractivity contribution in [2.24, 2.45) is 0 Å². The summed E-state index contributed by atoms with van der Waals surface area (Å²) in [6.07, 6.45) is 5.23. The molecule has 0 unspecified atom stereocenters. The van der Waals surface area contributed by atoms with Gasteiger partial charge in [0, 0.05) is 44.2 Å². The highest BCUT2D eigenvalue weighted by Crippen LogP contribution is 2.17. The van der Waals surface area contributed by atoms with Crippen molar-refractivity contribution in [3.8, 4) is 0 Å². The Labute approximate surface area is 160 Å². The minimum atomic E-state index is 1.02. The molecule has 2 aliphatic heterocycles. The normalized spacial score (nSPS) is 19.3. The Balaban J connectivity index is 1.59. The van der Waals surface area contributed by atoms with E-state index in [1.54, 1.807) is 0 Å². The summed E-state index contributed by atoms with van der Waals surface area (Å²) in [6.45, 7) is 10.0. The molecule has 2 heterocycles. The van der Waals surface area contributed by atoms with Crippen LogP contribution in [0.15, 0.2) is 0 Å². The molecule has 0 amide bonds. The highest BCUT2D eigenvalue weighted by Gasteiger charge is 2.21. The standard InChI is InChI=1S/C16H29N3S4/c1-2-3-13-22-15(20)18-8-10-19(11-9-18)16(21)23-14-12-17-6-4-5-7-17/h2-14H2,1H3. The summed E-state index contributed by atoms with van der Waals surface area (Å²) in [6, 6.07) is 0. The van der Waals surface area contributed by atoms with Gasteiger partial charge in [0.1, 0.15) is 8.64 Å². The number of hydrogen-bond donors (Lipinski definition) is 0. The second kappa shape index (κ2) is 11.1. The first-order valence-corrected chi connectivity index (χ1v) is 11.5. The first-order valence-electron chi connectivity index (χ1n) is 8.76. The zero-order valence-electron chi connectivity index (χ0n) is 14.2. The number of piperazine rings is 1. The molecule has 7 heteroatoms. The molecule has 3 nitrogen and oxygen atoms in total. The molecule has 0 N–H and O–H groups in total. The molecule has 0 aromatic heterocycles. The Kier molecular flexibility index (Phi) is 9.56. The van der Waals surface area contributed by atoms with E-state index in [2.05, 4.69) is 21.6 Å². The van der Waals surface area contributed by atoms with Crippen LogP contribution in [0.1, 0.15) is 32.6 Å². The Morgan fingerprint density at radius 2 is 1.35 bits per heavy atom. The van der Waals surface area contributed by atoms with Gasteiger partial charge in [0.15, 0.2) is 0 Å². The second-order valence-corrected chi connectivity index (χ2v) is 9.56. The van der Waals surface area contributed by atoms with Crippen molar-refractivity contribution < 1.29 is 0 Å². The Hall–Kier alpha value is 0.440. The summed E-state index contributed by atoms with van der Waals surface area (Å²) < 4.78 is 2.15. The highest BCUT2D eigenvalue weighted by molar-refractivity contribution is 8.23. The number of nitrogens with zero attached hydrogens (tertiary/aromatic N) is 3. The molecule has 2 rings (SSSR count). The summed E-state index contributed by atoms with van der Waals surface area (Å²) in [7, 11) is 0. The SMILES string of the molecule is CCCCSC(=S)N1CCN(C(=S)SCCN2CCCC2)CC1. The maximum Gasteiger partial charge on any atom is 0.136 e. The van der Waals surface area contributed by atoms with Crippen molar-refractivity contribution >= 4 is 56.6 Å². The van der Waals surface area contributed by atoms with Crippen LogP contribution in [0.5, 0.6) is 0 Å². The van der Waals surface area contributed by atoms with Crippen molar-refractivity contribution in [3.63, 3.8) is 0 Å². The Bertz CT molecular complexity index is 378. The maximum absolute atomic E-state index is 5.62. The van der Waals surface area contributed by atoms with Gasteiger partial charge in [-0.1, -0.05) is 61.3 Å². The van der Waals surface area contributed by atoms with Crippen molar-refractivity contribution in [1.29, 1.82) is 0 Å². The lowest BCUT2D eigenvalue weighted by Crippen LogP contribution is -2.48. The van der Waals surface area contributed by atoms with Crippen LogP contribution in [0.2, 0.25) is 0 Å². The molecule has 0 saturated carbocycles. The van der Waals surface area contributed by atoms with E-state index in [-0.39, 0.29) is 0 Å². The van der Waals surface area contributed by atoms with Gasteiger partial charge in [0.25, 0.3) is 0 Å². The molecule has 0 aromatic rings. The van der Waals surface area contributed by atoms with Gasteiger partial charge in [0.2, 0.25) is 0 Å². The van der Waals surface area contributed by atoms with E-state index < -0.39 is 0 Å². The fraction of sp³-hybridized carbons (Fsp3) is 0.875. The van der Waals surface area contributed by atoms with Crippen LogP contribution in [-0.4, -0.2) is 80.7 Å². The average Bonchev–Trinajstić information content (AvgIpc) is 3.08. The fourth-order valence-corrected chi connectivity index (χ4v) is 5.55. The van der Waals surface area contributed by atoms with Crippen molar-refractivity contribution in [3.05, 3.63) is 0 Å². The summed E-state index contributed by atoms with van der Waals surface area (Å²) in [5.74, 6) is 2.28. The smallest absolute Gasteiger partial charge is 0.136 e. The molecular formula is C16H29N3S4. The Morgan fingerprint density at radius 1 is 0.826 bits per heavy atom. The molecule has 132 valence electrons. The molecule has 23 heavy (non-hydrogen) atoms. The van der Waals surface area contributed by atoms with Crippen LogP contribution in [0.25, 0.3) is 0 Å². The zero-order chi connectivity index (χ0) is 16.5. The third kappa shape index (κ3) is 7.06. The minimum absolute atomic E-state index is 1.02. The molecule has 0 atom stereocenters. The van der Waals surface area contributed by atoms with Crippen molar-refractivity contribution in [2.45, 2.75) is 32.6 Å². The Morgan fingerprint density at radius 3 is 1.87 bits per heavy atom. The van der Waals surface area contributed by atoms with Gasteiger partial charge in [-0.3, -0.25) is 0 Å². The van der Waals surface area contributed by atoms with E-state index in [4.69, 9.17) is 24.4 Å². The topological polar surface area (TPSA) is 9.72 Å². The second-order valence-electron chi connectivity index (χ2n) is 6.11. The van der Waals surface area contributed by atoms with Crippen molar-refractivity contribution in [2.75, 3.05) is 57.3 Å². The van der Waals surface area contributed by atoms with Gasteiger partial charge >= 0.3 is 0 Å². The molecule has 0 spiro atoms. The third-order valence-corrected chi connectivity index (χ3v) is 7.46. The van der Waals surface area contributed by atoms with E-state index in [0.29, 0.717) is 0 Å². The molecule has 2 saturated heterocycles. The van der Waals surface area contributed by atoms with Crippen LogP contribution >= 0.6 is 48.0 Å². The quantitative estimate of drug-likeness (QED) is 0.499. The third-order valence-electron chi connectivity index (χ3n) is 4.35. The van der Waals surface area contributed by atoms with Crippen LogP contribution in [0.4, 0.5) is 0 Å². The molecule has 0 aliphatic carbocycles. The maximum atomic E-state index is 5.62. The zero-order valence-corrected chi connectivity index (χ0v) is 17.4. The molecule has 0 radical (unpaired) electrons. The number of likely N-dealkylation sites (tertiary alicyclic amines) is 1. The van der Waals surface area contributed by atoms with Crippen LogP contribution in [0, 0.1) is 0 Å². The molecule has 2 fully saturated rings. The van der Waals surface area contributed by atoms with Gasteiger partial charge in [-0.15, -0.1) is 0 Å². The van der Waals surface area contributed by atoms with Crippen molar-refractivity contribution in [1.82, 2.24) is 14.7 Å². The largest absolute Gasteiger partial charge is 0.354 e. The molecule has 0 bridgehead atoms. The minimum Gasteiger partial charge on any atom is -0.354 e. The van der Waals surface area contributed by atoms with Crippen LogP contribution < -0.4 is 0 Å². The highest BCUT2D eigenvalue weighted by atomic mass is 32.2. The van der Waals surface area contributed by atoms with E-state index in [0.717, 1.165) is 46.3 Å². The predicted molar refractivity (Wildman–Crippen MR) is 114 cm³/mol. The van der Waals surface area contributed by atoms with Crippen LogP contribution in [0.3, 0.4) is 0 Å². The van der Waals surface area contributed by atoms with Gasteiger partial charge in [-0.25, -0.2) is 0 Å². The number of thioether (sulfide) groups is 2. The molecular weight excluding hydrogens is 362 g/mol. The van der Waals surface area contributed by atoms with Gasteiger partial charge in [-0.05, 0) is 32.4 Å². The number of unbranched alkanes of at least 4 members (excludes halogenated alkanes) is 1. The van der Waals surface area contributed by atoms with E-state index in [9.17, 15) is 0 Å². The van der Waals surface area contributed by atoms with Gasteiger partial charge in [0.05, 0.1) is 0 Å². The van der Waals surface area contributed by atoms with E-state index >= 15 is 0 Å². The monoisotopic (exact) mass is 391 g/mol. The lowest BCUT2D eigenvalue weighted by molar-refractivity contribution is 0.271. The summed E-state index contributed by atoms with van der Waals surface area (Å²) in [5, 5.41) is 0. The summed E-state index contributed by atoms with van der Waals surface area (Å²) in [4.78, 5) is 7.27. The fourth-order valence-electron chi connectivity index (χ4n) is 2.83. The van der Waals surface area contributed by atoms with Gasteiger partial charge in [-0.2, -0.15) is 0 Å². The van der Waals surface area contributed by atoms with Gasteiger partial charge < -0.3 is 14.7 Å². The van der Waals surface area contributed by atoms with E-state index in [1.165, 1.54) is 45.3 Å². The molecule has 0 aromatic carbocycles.